The van der Waals surface area contributed by atoms with Gasteiger partial charge in [0.1, 0.15) is 22.1 Å². The van der Waals surface area contributed by atoms with Gasteiger partial charge < -0.3 is 34.6 Å². The molecule has 50 heavy (non-hydrogen) atoms. The summed E-state index contributed by atoms with van der Waals surface area (Å²) in [6.07, 6.45) is 0. The number of aryl methyl sites for hydroxylation is 1. The Hall–Kier alpha value is -5.01. The predicted octanol–water partition coefficient (Wildman–Crippen LogP) is 2.41. The van der Waals surface area contributed by atoms with Crippen molar-refractivity contribution in [3.05, 3.63) is 132 Å². The summed E-state index contributed by atoms with van der Waals surface area (Å²) < 4.78 is 4.59. The highest BCUT2D eigenvalue weighted by molar-refractivity contribution is 6.32. The van der Waals surface area contributed by atoms with Gasteiger partial charge in [-0.15, -0.1) is 9.13 Å². The first-order valence-electron chi connectivity index (χ1n) is 16.0. The number of aromatic nitrogens is 4. The van der Waals surface area contributed by atoms with Crippen LogP contribution in [-0.4, -0.2) is 38.2 Å². The molecule has 0 atom stereocenters. The second-order valence-electron chi connectivity index (χ2n) is 12.7. The Bertz CT molecular complexity index is 2540. The number of hydrogen-bond donors (Lipinski definition) is 0. The molecule has 2 aromatic heterocycles. The predicted molar refractivity (Wildman–Crippen MR) is 199 cm³/mol. The molecule has 0 amide bonds. The summed E-state index contributed by atoms with van der Waals surface area (Å²) in [6.45, 7) is 2.03. The van der Waals surface area contributed by atoms with Gasteiger partial charge in [-0.1, -0.05) is 54.1 Å². The van der Waals surface area contributed by atoms with Gasteiger partial charge in [0.05, 0.1) is 10.7 Å². The third kappa shape index (κ3) is 5.94. The molecule has 0 aliphatic carbocycles. The molecule has 0 fully saturated rings. The van der Waals surface area contributed by atoms with Crippen molar-refractivity contribution in [3.8, 4) is 22.5 Å². The summed E-state index contributed by atoms with van der Waals surface area (Å²) in [6, 6.07) is 42.5. The molecular formula is C41H35Cl3N6. The largest absolute Gasteiger partial charge is 1.00 e. The number of anilines is 2. The summed E-state index contributed by atoms with van der Waals surface area (Å²) in [5, 5.41) is 0.722. The van der Waals surface area contributed by atoms with Crippen molar-refractivity contribution in [3.63, 3.8) is 0 Å². The Morgan fingerprint density at radius 1 is 0.520 bits per heavy atom. The third-order valence-electron chi connectivity index (χ3n) is 9.07. The molecule has 8 rings (SSSR count). The number of benzene rings is 6. The Labute approximate surface area is 309 Å². The summed E-state index contributed by atoms with van der Waals surface area (Å²) in [7, 11) is 8.32. The molecule has 0 spiro atoms. The van der Waals surface area contributed by atoms with Gasteiger partial charge in [0.25, 0.3) is 0 Å². The van der Waals surface area contributed by atoms with Crippen LogP contribution in [-0.2, 0) is 0 Å². The van der Waals surface area contributed by atoms with Gasteiger partial charge in [0.15, 0.2) is 0 Å². The van der Waals surface area contributed by atoms with Crippen molar-refractivity contribution in [2.45, 2.75) is 6.92 Å². The van der Waals surface area contributed by atoms with Gasteiger partial charge in [-0.2, -0.15) is 0 Å². The van der Waals surface area contributed by atoms with Gasteiger partial charge in [0.2, 0.25) is 33.4 Å². The first kappa shape index (κ1) is 34.8. The lowest BCUT2D eigenvalue weighted by atomic mass is 10.00. The standard InChI is InChI=1S/C41H35ClN6.2ClH/c1-26-20-35-40(24-32(26)42)48(29-14-10-7-11-15-29)41-25-37(46(4)5)31(23-36(41)44-35)27-16-18-33-38(21-27)47(28-12-8-6-9-13-28)39-22-30(45(2)3)17-19-34(39)43-33;;/h6-25H,1-5H3;2*1H/q+2;;/p-2. The smallest absolute Gasteiger partial charge is 0.239 e. The molecular weight excluding hydrogens is 683 g/mol. The fourth-order valence-electron chi connectivity index (χ4n) is 6.62. The number of para-hydroxylation sites is 2. The van der Waals surface area contributed by atoms with E-state index < -0.39 is 0 Å². The summed E-state index contributed by atoms with van der Waals surface area (Å²) in [5.41, 5.74) is 15.2. The van der Waals surface area contributed by atoms with Crippen LogP contribution in [0.25, 0.3) is 66.6 Å². The summed E-state index contributed by atoms with van der Waals surface area (Å²) in [5.74, 6) is 0. The molecule has 0 saturated heterocycles. The Kier molecular flexibility index (Phi) is 9.56. The third-order valence-corrected chi connectivity index (χ3v) is 9.47. The van der Waals surface area contributed by atoms with Crippen LogP contribution in [0.2, 0.25) is 5.02 Å². The molecule has 0 unspecified atom stereocenters. The maximum Gasteiger partial charge on any atom is 0.239 e. The lowest BCUT2D eigenvalue weighted by Gasteiger charge is -2.19. The van der Waals surface area contributed by atoms with Gasteiger partial charge in [-0.3, -0.25) is 0 Å². The van der Waals surface area contributed by atoms with E-state index in [1.165, 1.54) is 0 Å². The van der Waals surface area contributed by atoms with E-state index >= 15 is 0 Å². The zero-order chi connectivity index (χ0) is 33.1. The molecule has 0 saturated carbocycles. The first-order chi connectivity index (χ1) is 23.3. The quantitative estimate of drug-likeness (QED) is 0.203. The molecule has 250 valence electrons. The van der Waals surface area contributed by atoms with Crippen LogP contribution in [0.1, 0.15) is 5.56 Å². The maximum atomic E-state index is 6.69. The maximum absolute atomic E-state index is 6.69. The van der Waals surface area contributed by atoms with Crippen LogP contribution in [0, 0.1) is 6.92 Å². The topological polar surface area (TPSA) is 40.0 Å². The molecule has 6 aromatic carbocycles. The molecule has 6 nitrogen and oxygen atoms in total. The monoisotopic (exact) mass is 716 g/mol. The Morgan fingerprint density at radius 3 is 1.64 bits per heavy atom. The van der Waals surface area contributed by atoms with Crippen LogP contribution >= 0.6 is 11.6 Å². The zero-order valence-corrected chi connectivity index (χ0v) is 30.6. The average molecular weight is 718 g/mol. The number of hydrogen-bond acceptors (Lipinski definition) is 4. The highest BCUT2D eigenvalue weighted by Gasteiger charge is 2.25. The molecule has 0 aliphatic rings. The van der Waals surface area contributed by atoms with Crippen molar-refractivity contribution in [1.29, 1.82) is 0 Å². The van der Waals surface area contributed by atoms with Crippen LogP contribution in [0.15, 0.2) is 121 Å². The van der Waals surface area contributed by atoms with E-state index in [0.717, 1.165) is 88.6 Å². The minimum atomic E-state index is 0. The molecule has 0 aliphatic heterocycles. The van der Waals surface area contributed by atoms with Crippen molar-refractivity contribution in [2.24, 2.45) is 0 Å². The molecule has 9 heteroatoms. The van der Waals surface area contributed by atoms with Crippen molar-refractivity contribution >= 4 is 67.1 Å². The van der Waals surface area contributed by atoms with Crippen LogP contribution < -0.4 is 43.7 Å². The van der Waals surface area contributed by atoms with E-state index in [9.17, 15) is 0 Å². The van der Waals surface area contributed by atoms with Crippen LogP contribution in [0.3, 0.4) is 0 Å². The van der Waals surface area contributed by atoms with Gasteiger partial charge in [-0.05, 0) is 48.4 Å². The number of fused-ring (bicyclic) bond motifs is 4. The lowest BCUT2D eigenvalue weighted by molar-refractivity contribution is -0.538. The van der Waals surface area contributed by atoms with Crippen LogP contribution in [0.5, 0.6) is 0 Å². The number of nitrogens with zero attached hydrogens (tertiary/aromatic N) is 6. The number of rotatable bonds is 5. The van der Waals surface area contributed by atoms with Crippen molar-refractivity contribution in [1.82, 2.24) is 9.97 Å². The van der Waals surface area contributed by atoms with Crippen LogP contribution in [0.4, 0.5) is 11.4 Å². The normalized spacial score (nSPS) is 11.1. The average Bonchev–Trinajstić information content (AvgIpc) is 3.10. The second-order valence-corrected chi connectivity index (χ2v) is 13.1. The van der Waals surface area contributed by atoms with E-state index in [4.69, 9.17) is 21.6 Å². The Balaban J connectivity index is 0.00000216. The Morgan fingerprint density at radius 2 is 1.04 bits per heavy atom. The highest BCUT2D eigenvalue weighted by atomic mass is 35.5. The van der Waals surface area contributed by atoms with E-state index in [-0.39, 0.29) is 24.8 Å². The van der Waals surface area contributed by atoms with Gasteiger partial charge in [0, 0.05) is 88.0 Å². The summed E-state index contributed by atoms with van der Waals surface area (Å²) in [4.78, 5) is 14.7. The second kappa shape index (κ2) is 13.7. The van der Waals surface area contributed by atoms with Crippen molar-refractivity contribution in [2.75, 3.05) is 38.0 Å². The number of halogens is 3. The van der Waals surface area contributed by atoms with Gasteiger partial charge >= 0.3 is 0 Å². The molecule has 0 N–H and O–H groups in total. The highest BCUT2D eigenvalue weighted by Crippen LogP contribution is 2.36. The van der Waals surface area contributed by atoms with E-state index in [2.05, 4.69) is 156 Å². The molecule has 8 aromatic rings. The summed E-state index contributed by atoms with van der Waals surface area (Å²) >= 11 is 6.69. The van der Waals surface area contributed by atoms with E-state index in [0.29, 0.717) is 0 Å². The molecule has 2 heterocycles. The lowest BCUT2D eigenvalue weighted by Crippen LogP contribution is -3.00. The zero-order valence-electron chi connectivity index (χ0n) is 28.4. The fraction of sp³-hybridized carbons (Fsp3) is 0.122. The van der Waals surface area contributed by atoms with E-state index in [1.54, 1.807) is 0 Å². The fourth-order valence-corrected chi connectivity index (χ4v) is 6.78. The first-order valence-corrected chi connectivity index (χ1v) is 16.4. The minimum Gasteiger partial charge on any atom is -1.00 e. The minimum absolute atomic E-state index is 0. The van der Waals surface area contributed by atoms with Gasteiger partial charge in [-0.25, -0.2) is 9.97 Å². The molecule has 0 bridgehead atoms. The van der Waals surface area contributed by atoms with Crippen molar-refractivity contribution < 1.29 is 33.9 Å². The SMILES string of the molecule is Cc1cc2nc3cc(-c4ccc5nc6ccc(N(C)C)cc6[n+](-c6ccccc6)c5c4)c(N(C)C)cc3[n+](-c3ccccc3)c2cc1Cl.[Cl-].[Cl-]. The van der Waals surface area contributed by atoms with E-state index in [1.807, 2.05) is 19.1 Å². The molecule has 0 radical (unpaired) electrons.